The molecule has 0 fully saturated rings. The van der Waals surface area contributed by atoms with E-state index in [0.29, 0.717) is 29.6 Å². The molecule has 1 N–H and O–H groups in total. The molecule has 1 aliphatic heterocycles. The van der Waals surface area contributed by atoms with Crippen LogP contribution in [0.5, 0.6) is 5.75 Å². The minimum atomic E-state index is -4.35. The molecular weight excluding hydrogens is 536 g/mol. The maximum Gasteiger partial charge on any atom is 0.374 e. The van der Waals surface area contributed by atoms with Crippen LogP contribution in [0.1, 0.15) is 19.2 Å². The van der Waals surface area contributed by atoms with Crippen LogP contribution in [0.4, 0.5) is 5.69 Å². The molecule has 5 aromatic rings. The molecule has 0 bridgehead atoms. The van der Waals surface area contributed by atoms with E-state index in [1.807, 2.05) is 103 Å². The van der Waals surface area contributed by atoms with E-state index in [2.05, 4.69) is 18.2 Å². The highest BCUT2D eigenvalue weighted by Gasteiger charge is 2.30. The van der Waals surface area contributed by atoms with Gasteiger partial charge in [-0.3, -0.25) is 9.45 Å². The van der Waals surface area contributed by atoms with Crippen LogP contribution in [-0.2, 0) is 17.2 Å². The van der Waals surface area contributed by atoms with E-state index in [9.17, 15) is 13.0 Å². The lowest BCUT2D eigenvalue weighted by Gasteiger charge is -2.17. The summed E-state index contributed by atoms with van der Waals surface area (Å²) in [7, 11) is -2.40. The molecule has 7 nitrogen and oxygen atoms in total. The first kappa shape index (κ1) is 26.6. The van der Waals surface area contributed by atoms with Crippen molar-refractivity contribution in [3.05, 3.63) is 120 Å². The summed E-state index contributed by atoms with van der Waals surface area (Å²) in [6.45, 7) is 2.00. The number of benzene rings is 4. The summed E-state index contributed by atoms with van der Waals surface area (Å²) in [5.74, 6) is 0.822. The van der Waals surface area contributed by atoms with E-state index < -0.39 is 16.0 Å². The van der Waals surface area contributed by atoms with Gasteiger partial charge in [0.2, 0.25) is 11.5 Å². The van der Waals surface area contributed by atoms with Crippen molar-refractivity contribution < 1.29 is 26.7 Å². The van der Waals surface area contributed by atoms with Gasteiger partial charge in [0.25, 0.3) is 15.6 Å². The molecule has 6 rings (SSSR count). The van der Waals surface area contributed by atoms with Gasteiger partial charge in [0.1, 0.15) is 7.05 Å². The standard InChI is InChI=1S/C33H28N2O5S/c1-3-23(18-32-34(2)28-20-26(14-16-30(28)39-32)24-10-6-4-7-11-24)19-33-35(22-41(36,37)38)29-21-27(15-17-31(29)40-33)25-12-8-5-9-13-25/h4-21H,3,22H2,1-2H3/p+1. The number of hydrogen-bond donors (Lipinski definition) is 1. The van der Waals surface area contributed by atoms with Crippen molar-refractivity contribution >= 4 is 33.0 Å². The van der Waals surface area contributed by atoms with E-state index >= 15 is 0 Å². The Morgan fingerprint density at radius 2 is 1.51 bits per heavy atom. The van der Waals surface area contributed by atoms with Crippen LogP contribution < -0.4 is 14.2 Å². The van der Waals surface area contributed by atoms with Crippen LogP contribution in [0, 0.1) is 0 Å². The second-order valence-electron chi connectivity index (χ2n) is 9.89. The quantitative estimate of drug-likeness (QED) is 0.170. The summed E-state index contributed by atoms with van der Waals surface area (Å²) < 4.78 is 48.1. The smallest absolute Gasteiger partial charge is 0.374 e. The highest BCUT2D eigenvalue weighted by Crippen LogP contribution is 2.42. The Labute approximate surface area is 239 Å². The number of anilines is 1. The average molecular weight is 566 g/mol. The number of allylic oxidation sites excluding steroid dienone is 2. The first-order chi connectivity index (χ1) is 19.8. The summed E-state index contributed by atoms with van der Waals surface area (Å²) in [5.41, 5.74) is 7.24. The van der Waals surface area contributed by atoms with Crippen LogP contribution in [0.2, 0.25) is 0 Å². The Bertz CT molecular complexity index is 1910. The minimum absolute atomic E-state index is 0.307. The summed E-state index contributed by atoms with van der Waals surface area (Å²) in [6.07, 6.45) is 4.34. The van der Waals surface area contributed by atoms with Gasteiger partial charge < -0.3 is 9.15 Å². The van der Waals surface area contributed by atoms with Crippen molar-refractivity contribution in [1.82, 2.24) is 0 Å². The Morgan fingerprint density at radius 1 is 0.878 bits per heavy atom. The van der Waals surface area contributed by atoms with Gasteiger partial charge in [-0.05, 0) is 52.4 Å². The highest BCUT2D eigenvalue weighted by molar-refractivity contribution is 7.85. The summed E-state index contributed by atoms with van der Waals surface area (Å²) in [5, 5.41) is 0. The molecule has 0 aliphatic carbocycles. The maximum absolute atomic E-state index is 12.0. The Balaban J connectivity index is 1.38. The third-order valence-corrected chi connectivity index (χ3v) is 7.71. The van der Waals surface area contributed by atoms with Gasteiger partial charge in [0.15, 0.2) is 11.6 Å². The zero-order chi connectivity index (χ0) is 28.6. The van der Waals surface area contributed by atoms with E-state index in [0.717, 1.165) is 38.9 Å². The number of hydrogen-bond acceptors (Lipinski definition) is 5. The van der Waals surface area contributed by atoms with Gasteiger partial charge in [-0.15, -0.1) is 0 Å². The normalized spacial score (nSPS) is 14.5. The molecular formula is C33H29N2O5S+. The fraction of sp³-hybridized carbons (Fsp3) is 0.121. The molecule has 206 valence electrons. The fourth-order valence-corrected chi connectivity index (χ4v) is 5.57. The molecule has 0 radical (unpaired) electrons. The minimum Gasteiger partial charge on any atom is -0.439 e. The number of fused-ring (bicyclic) bond motifs is 2. The van der Waals surface area contributed by atoms with Crippen LogP contribution in [0.15, 0.2) is 119 Å². The summed E-state index contributed by atoms with van der Waals surface area (Å²) >= 11 is 0. The Morgan fingerprint density at radius 3 is 2.15 bits per heavy atom. The van der Waals surface area contributed by atoms with Crippen LogP contribution >= 0.6 is 0 Å². The molecule has 0 amide bonds. The topological polar surface area (TPSA) is 83.9 Å². The summed E-state index contributed by atoms with van der Waals surface area (Å²) in [4.78, 5) is 1.48. The van der Waals surface area contributed by atoms with Gasteiger partial charge >= 0.3 is 5.89 Å². The first-order valence-corrected chi connectivity index (χ1v) is 14.9. The number of aryl methyl sites for hydroxylation is 1. The van der Waals surface area contributed by atoms with Crippen LogP contribution in [0.3, 0.4) is 0 Å². The molecule has 41 heavy (non-hydrogen) atoms. The maximum atomic E-state index is 12.0. The van der Waals surface area contributed by atoms with E-state index in [1.165, 1.54) is 4.90 Å². The zero-order valence-corrected chi connectivity index (χ0v) is 23.5. The van der Waals surface area contributed by atoms with Gasteiger partial charge in [0.05, 0.1) is 11.8 Å². The van der Waals surface area contributed by atoms with Crippen molar-refractivity contribution in [2.45, 2.75) is 13.3 Å². The third kappa shape index (κ3) is 5.52. The summed E-state index contributed by atoms with van der Waals surface area (Å²) in [6, 6.07) is 31.7. The predicted molar refractivity (Wildman–Crippen MR) is 161 cm³/mol. The number of aromatic nitrogens is 1. The zero-order valence-electron chi connectivity index (χ0n) is 22.7. The van der Waals surface area contributed by atoms with Gasteiger partial charge in [-0.2, -0.15) is 13.0 Å². The second-order valence-corrected chi connectivity index (χ2v) is 11.3. The first-order valence-electron chi connectivity index (χ1n) is 13.3. The average Bonchev–Trinajstić information content (AvgIpc) is 3.47. The largest absolute Gasteiger partial charge is 0.439 e. The third-order valence-electron chi connectivity index (χ3n) is 7.13. The monoisotopic (exact) mass is 565 g/mol. The fourth-order valence-electron chi connectivity index (χ4n) is 4.98. The van der Waals surface area contributed by atoms with Crippen molar-refractivity contribution in [2.24, 2.45) is 7.05 Å². The molecule has 0 saturated heterocycles. The number of ether oxygens (including phenoxy) is 1. The molecule has 1 aliphatic rings. The van der Waals surface area contributed by atoms with Crippen molar-refractivity contribution in [2.75, 3.05) is 10.8 Å². The molecule has 4 aromatic carbocycles. The predicted octanol–water partition coefficient (Wildman–Crippen LogP) is 6.97. The van der Waals surface area contributed by atoms with Gasteiger partial charge in [0, 0.05) is 12.1 Å². The Kier molecular flexibility index (Phi) is 6.95. The SMILES string of the molecule is CCC(=Cc1oc2ccc(-c3ccccc3)cc2[n+]1C)C=C1Oc2ccc(-c3ccccc3)cc2N1CS(=O)(=O)O. The van der Waals surface area contributed by atoms with Crippen LogP contribution in [-0.4, -0.2) is 18.8 Å². The number of oxazole rings is 1. The lowest BCUT2D eigenvalue weighted by molar-refractivity contribution is -0.652. The van der Waals surface area contributed by atoms with Gasteiger partial charge in [-0.25, -0.2) is 0 Å². The molecule has 0 unspecified atom stereocenters. The molecule has 0 atom stereocenters. The van der Waals surface area contributed by atoms with Crippen LogP contribution in [0.25, 0.3) is 39.4 Å². The van der Waals surface area contributed by atoms with Crippen molar-refractivity contribution in [1.29, 1.82) is 0 Å². The molecule has 0 saturated carbocycles. The van der Waals surface area contributed by atoms with E-state index in [-0.39, 0.29) is 0 Å². The van der Waals surface area contributed by atoms with E-state index in [1.54, 1.807) is 6.08 Å². The molecule has 1 aromatic heterocycles. The number of rotatable bonds is 7. The van der Waals surface area contributed by atoms with Crippen molar-refractivity contribution in [3.63, 3.8) is 0 Å². The van der Waals surface area contributed by atoms with Gasteiger partial charge in [-0.1, -0.05) is 79.7 Å². The molecule has 8 heteroatoms. The second kappa shape index (κ2) is 10.7. The lowest BCUT2D eigenvalue weighted by Crippen LogP contribution is -2.29. The number of nitrogens with zero attached hydrogens (tertiary/aromatic N) is 2. The van der Waals surface area contributed by atoms with Crippen molar-refractivity contribution in [3.8, 4) is 28.0 Å². The highest BCUT2D eigenvalue weighted by atomic mass is 32.2. The Hall–Kier alpha value is -4.66. The molecule has 0 spiro atoms. The lowest BCUT2D eigenvalue weighted by atomic mass is 10.0. The van der Waals surface area contributed by atoms with E-state index in [4.69, 9.17) is 9.15 Å². The molecule has 2 heterocycles.